The second kappa shape index (κ2) is 16.0. The first-order valence-electron chi connectivity index (χ1n) is 13.9. The molecule has 1 fully saturated rings. The predicted molar refractivity (Wildman–Crippen MR) is 163 cm³/mol. The van der Waals surface area contributed by atoms with Gasteiger partial charge in [-0.2, -0.15) is 0 Å². The van der Waals surface area contributed by atoms with Gasteiger partial charge in [-0.3, -0.25) is 14.5 Å². The molecular weight excluding hydrogens is 564 g/mol. The number of rotatable bonds is 11. The monoisotopic (exact) mass is 610 g/mol. The Bertz CT molecular complexity index is 1100. The maximum atomic E-state index is 13.0. The van der Waals surface area contributed by atoms with E-state index in [9.17, 15) is 24.3 Å². The van der Waals surface area contributed by atoms with Crippen molar-refractivity contribution < 1.29 is 34.5 Å². The van der Waals surface area contributed by atoms with Crippen molar-refractivity contribution >= 4 is 41.0 Å². The summed E-state index contributed by atoms with van der Waals surface area (Å²) in [6, 6.07) is 6.74. The lowest BCUT2D eigenvalue weighted by Crippen LogP contribution is -2.64. The molecule has 0 saturated carbocycles. The molecule has 42 heavy (non-hydrogen) atoms. The Morgan fingerprint density at radius 3 is 2.14 bits per heavy atom. The summed E-state index contributed by atoms with van der Waals surface area (Å²) >= 11 is 6.33. The number of hydrogen-bond acceptors (Lipinski definition) is 7. The molecule has 0 aromatic heterocycles. The van der Waals surface area contributed by atoms with Gasteiger partial charge in [-0.1, -0.05) is 58.4 Å². The number of aliphatic hydroxyl groups excluding tert-OH is 1. The summed E-state index contributed by atoms with van der Waals surface area (Å²) in [7, 11) is 0. The Balaban J connectivity index is 0.000000962. The van der Waals surface area contributed by atoms with Gasteiger partial charge in [0.1, 0.15) is 0 Å². The van der Waals surface area contributed by atoms with Crippen LogP contribution in [0.3, 0.4) is 0 Å². The van der Waals surface area contributed by atoms with Gasteiger partial charge in [0.25, 0.3) is 0 Å². The number of nitrogens with two attached hydrogens (primary N) is 1. The van der Waals surface area contributed by atoms with Gasteiger partial charge < -0.3 is 31.3 Å². The Labute approximate surface area is 253 Å². The number of amides is 2. The third kappa shape index (κ3) is 12.5. The fourth-order valence-electron chi connectivity index (χ4n) is 4.36. The van der Waals surface area contributed by atoms with E-state index in [4.69, 9.17) is 27.5 Å². The van der Waals surface area contributed by atoms with Crippen molar-refractivity contribution in [1.29, 1.82) is 0 Å². The highest BCUT2D eigenvalue weighted by Gasteiger charge is 2.40. The average Bonchev–Trinajstić information content (AvgIpc) is 2.86. The number of nitrogens with zero attached hydrogens (tertiary/aromatic N) is 2. The smallest absolute Gasteiger partial charge is 0.328 e. The van der Waals surface area contributed by atoms with Gasteiger partial charge in [-0.15, -0.1) is 0 Å². The summed E-state index contributed by atoms with van der Waals surface area (Å²) < 4.78 is 0. The number of carboxylic acid groups (broad SMARTS) is 2. The highest BCUT2D eigenvalue weighted by atomic mass is 35.5. The number of aliphatic carboxylic acids is 2. The van der Waals surface area contributed by atoms with Crippen molar-refractivity contribution in [2.75, 3.05) is 31.1 Å². The zero-order valence-corrected chi connectivity index (χ0v) is 26.4. The number of carbonyl (C=O) groups excluding carboxylic acids is 2. The van der Waals surface area contributed by atoms with Crippen LogP contribution in [0.15, 0.2) is 36.4 Å². The Morgan fingerprint density at radius 2 is 1.67 bits per heavy atom. The molecule has 1 heterocycles. The van der Waals surface area contributed by atoms with Crippen LogP contribution in [0.5, 0.6) is 0 Å². The fraction of sp³-hybridized carbons (Fsp3) is 0.600. The van der Waals surface area contributed by atoms with Crippen molar-refractivity contribution in [2.24, 2.45) is 23.0 Å². The van der Waals surface area contributed by atoms with E-state index in [0.717, 1.165) is 0 Å². The normalized spacial score (nSPS) is 17.8. The lowest BCUT2D eigenvalue weighted by molar-refractivity contribution is -0.134. The van der Waals surface area contributed by atoms with Gasteiger partial charge >= 0.3 is 11.9 Å². The van der Waals surface area contributed by atoms with E-state index in [1.165, 1.54) is 0 Å². The Kier molecular flexibility index (Phi) is 14.1. The number of carbonyl (C=O) groups is 4. The highest BCUT2D eigenvalue weighted by molar-refractivity contribution is 6.33. The topological polar surface area (TPSA) is 173 Å². The summed E-state index contributed by atoms with van der Waals surface area (Å²) in [6.07, 6.45) is 0.535. The maximum Gasteiger partial charge on any atom is 0.328 e. The molecule has 0 unspecified atom stereocenters. The first-order chi connectivity index (χ1) is 19.2. The van der Waals surface area contributed by atoms with E-state index in [2.05, 4.69) is 39.9 Å². The number of hydrogen-bond donors (Lipinski definition) is 5. The molecule has 1 aromatic carbocycles. The molecule has 11 nitrogen and oxygen atoms in total. The standard InChI is InChI=1S/C26H43ClN4O3.C4H4O4/c1-17(2)18(24(34)29-15-25(3,4)5)12-22(32)20(28)13-30-14-23(33)31(16-26(30,6)7)21-11-9-8-10-19(21)27;5-3(6)1-2-4(7)8/h8-11,17-18,20,22,32H,12-16,28H2,1-7H3,(H,29,34);1-2H,(H,5,6)(H,7,8)/b;2-1+/t18-,20-,22-;/m0./s1. The van der Waals surface area contributed by atoms with Gasteiger partial charge in [0.2, 0.25) is 11.8 Å². The zero-order valence-electron chi connectivity index (χ0n) is 25.6. The number of carboxylic acids is 2. The molecule has 0 bridgehead atoms. The van der Waals surface area contributed by atoms with Crippen LogP contribution in [-0.4, -0.2) is 87.8 Å². The van der Waals surface area contributed by atoms with Gasteiger partial charge in [-0.25, -0.2) is 9.59 Å². The number of aliphatic hydroxyl groups is 1. The number of anilines is 1. The molecular formula is C30H47ClN4O7. The largest absolute Gasteiger partial charge is 0.478 e. The van der Waals surface area contributed by atoms with Crippen LogP contribution in [-0.2, 0) is 19.2 Å². The van der Waals surface area contributed by atoms with Gasteiger partial charge in [-0.05, 0) is 43.7 Å². The lowest BCUT2D eigenvalue weighted by Gasteiger charge is -2.47. The molecule has 236 valence electrons. The third-order valence-corrected chi connectivity index (χ3v) is 7.21. The zero-order chi connectivity index (χ0) is 32.4. The number of benzene rings is 1. The summed E-state index contributed by atoms with van der Waals surface area (Å²) in [6.45, 7) is 15.8. The van der Waals surface area contributed by atoms with Crippen LogP contribution < -0.4 is 16.0 Å². The predicted octanol–water partition coefficient (Wildman–Crippen LogP) is 2.99. The van der Waals surface area contributed by atoms with Crippen molar-refractivity contribution in [3.8, 4) is 0 Å². The van der Waals surface area contributed by atoms with Crippen LogP contribution in [0.1, 0.15) is 54.9 Å². The highest BCUT2D eigenvalue weighted by Crippen LogP contribution is 2.31. The average molecular weight is 611 g/mol. The molecule has 1 aromatic rings. The second-order valence-corrected chi connectivity index (χ2v) is 13.1. The molecule has 2 rings (SSSR count). The van der Waals surface area contributed by atoms with E-state index in [0.29, 0.717) is 42.5 Å². The van der Waals surface area contributed by atoms with Crippen molar-refractivity contribution in [2.45, 2.75) is 72.6 Å². The number of piperazine rings is 1. The molecule has 2 amide bonds. The molecule has 1 saturated heterocycles. The molecule has 1 aliphatic heterocycles. The SMILES string of the molecule is CC(C)[C@H](C[C@H](O)[C@@H](N)CN1CC(=O)N(c2ccccc2Cl)CC1(C)C)C(=O)NCC(C)(C)C.O=C(O)/C=C/C(=O)O. The summed E-state index contributed by atoms with van der Waals surface area (Å²) in [5.41, 5.74) is 6.72. The first kappa shape index (κ1) is 37.0. The van der Waals surface area contributed by atoms with E-state index < -0.39 is 24.1 Å². The van der Waals surface area contributed by atoms with Gasteiger partial charge in [0.05, 0.1) is 23.4 Å². The van der Waals surface area contributed by atoms with E-state index >= 15 is 0 Å². The van der Waals surface area contributed by atoms with Crippen molar-refractivity contribution in [1.82, 2.24) is 10.2 Å². The Hall–Kier alpha value is -2.99. The minimum Gasteiger partial charge on any atom is -0.478 e. The lowest BCUT2D eigenvalue weighted by atomic mass is 9.86. The maximum absolute atomic E-state index is 13.0. The molecule has 0 radical (unpaired) electrons. The quantitative estimate of drug-likeness (QED) is 0.236. The first-order valence-corrected chi connectivity index (χ1v) is 14.3. The van der Waals surface area contributed by atoms with Crippen LogP contribution in [0.25, 0.3) is 0 Å². The molecule has 1 aliphatic rings. The minimum absolute atomic E-state index is 0.0174. The van der Waals surface area contributed by atoms with Crippen LogP contribution >= 0.6 is 11.6 Å². The molecule has 0 aliphatic carbocycles. The van der Waals surface area contributed by atoms with Crippen molar-refractivity contribution in [3.63, 3.8) is 0 Å². The summed E-state index contributed by atoms with van der Waals surface area (Å²) in [4.78, 5) is 48.6. The van der Waals surface area contributed by atoms with E-state index in [-0.39, 0.29) is 47.6 Å². The summed E-state index contributed by atoms with van der Waals surface area (Å²) in [5.74, 6) is -2.90. The van der Waals surface area contributed by atoms with Crippen LogP contribution in [0.2, 0.25) is 5.02 Å². The van der Waals surface area contributed by atoms with Gasteiger partial charge in [0, 0.05) is 49.3 Å². The molecule has 12 heteroatoms. The summed E-state index contributed by atoms with van der Waals surface area (Å²) in [5, 5.41) is 30.1. The molecule has 6 N–H and O–H groups in total. The fourth-order valence-corrected chi connectivity index (χ4v) is 4.60. The van der Waals surface area contributed by atoms with E-state index in [1.807, 2.05) is 36.9 Å². The minimum atomic E-state index is -1.26. The molecule has 0 spiro atoms. The second-order valence-electron chi connectivity index (χ2n) is 12.7. The number of nitrogens with one attached hydrogen (secondary N) is 1. The Morgan fingerprint density at radius 1 is 1.12 bits per heavy atom. The van der Waals surface area contributed by atoms with E-state index in [1.54, 1.807) is 11.0 Å². The van der Waals surface area contributed by atoms with Crippen molar-refractivity contribution in [3.05, 3.63) is 41.4 Å². The third-order valence-electron chi connectivity index (χ3n) is 6.90. The van der Waals surface area contributed by atoms with Gasteiger partial charge in [0.15, 0.2) is 0 Å². The van der Waals surface area contributed by atoms with Crippen LogP contribution in [0, 0.1) is 17.3 Å². The molecule has 3 atom stereocenters. The number of halogens is 1. The number of para-hydroxylation sites is 1. The van der Waals surface area contributed by atoms with Crippen LogP contribution in [0.4, 0.5) is 5.69 Å².